The molecule has 244 valence electrons. The third-order valence-electron chi connectivity index (χ3n) is 7.64. The lowest BCUT2D eigenvalue weighted by molar-refractivity contribution is -0.191. The Hall–Kier alpha value is -3.72. The first-order valence-corrected chi connectivity index (χ1v) is 14.6. The van der Waals surface area contributed by atoms with Crippen molar-refractivity contribution in [2.24, 2.45) is 15.8 Å². The van der Waals surface area contributed by atoms with E-state index in [1.54, 1.807) is 19.9 Å². The molecule has 3 fully saturated rings. The first-order chi connectivity index (χ1) is 20.4. The number of phenols is 1. The summed E-state index contributed by atoms with van der Waals surface area (Å²) in [6.07, 6.45) is -0.252. The first-order valence-electron chi connectivity index (χ1n) is 14.6. The maximum Gasteiger partial charge on any atom is 0.408 e. The summed E-state index contributed by atoms with van der Waals surface area (Å²) in [7, 11) is 0. The Morgan fingerprint density at radius 3 is 2.00 bits per heavy atom. The number of hydrogen-bond donors (Lipinski definition) is 3. The number of aliphatic imine (C=N–C) groups is 1. The highest BCUT2D eigenvalue weighted by molar-refractivity contribution is 5.98. The second kappa shape index (κ2) is 15.8. The van der Waals surface area contributed by atoms with Crippen LogP contribution in [0.4, 0.5) is 17.6 Å². The van der Waals surface area contributed by atoms with E-state index in [2.05, 4.69) is 36.3 Å². The molecule has 1 amide bonds. The highest BCUT2D eigenvalue weighted by Gasteiger charge is 2.69. The van der Waals surface area contributed by atoms with Crippen LogP contribution in [-0.4, -0.2) is 46.8 Å². The van der Waals surface area contributed by atoms with Gasteiger partial charge in [-0.2, -0.15) is 22.8 Å². The fraction of sp³-hybridized carbons (Fsp3) is 0.545. The van der Waals surface area contributed by atoms with Crippen LogP contribution in [0.15, 0.2) is 53.5 Å². The fourth-order valence-electron chi connectivity index (χ4n) is 5.58. The van der Waals surface area contributed by atoms with Gasteiger partial charge in [-0.1, -0.05) is 69.7 Å². The van der Waals surface area contributed by atoms with E-state index in [4.69, 9.17) is 14.7 Å². The van der Waals surface area contributed by atoms with E-state index in [1.165, 1.54) is 17.7 Å². The van der Waals surface area contributed by atoms with Crippen LogP contribution >= 0.6 is 0 Å². The fourth-order valence-corrected chi connectivity index (χ4v) is 5.58. The van der Waals surface area contributed by atoms with Crippen molar-refractivity contribution in [3.8, 4) is 5.75 Å². The van der Waals surface area contributed by atoms with Gasteiger partial charge in [-0.3, -0.25) is 9.79 Å². The monoisotopic (exact) mass is 623 g/mol. The van der Waals surface area contributed by atoms with Crippen LogP contribution in [0.2, 0.25) is 0 Å². The van der Waals surface area contributed by atoms with Crippen molar-refractivity contribution in [2.75, 3.05) is 0 Å². The van der Waals surface area contributed by atoms with E-state index in [0.29, 0.717) is 5.41 Å². The van der Waals surface area contributed by atoms with Gasteiger partial charge in [0.15, 0.2) is 17.6 Å². The molecule has 6 rings (SSSR count). The van der Waals surface area contributed by atoms with Gasteiger partial charge in [0, 0.05) is 5.41 Å². The standard InChI is InChI=1S/C15H22F3N3O.C8H9FO.C7H8.C2H6.CO2/c1-8(15(16,17)18)19-10(22)9-12(2,3)21-11(20-9)14-5-13(4,6-14)7-14;1-2-6-3-4-8(10)7(9)5-6;1-7-5-3-2-4-6-7;1-2;2-1-3/h8-9H,5-7H2,1-4H3,(H,19,22)(H,20,21);3-5,10H,2H2,1H3;2-6H,1H3;1-2H3;/t8?,9-,13?,14?;;;;/m0..../s1. The Labute approximate surface area is 257 Å². The zero-order valence-corrected chi connectivity index (χ0v) is 26.7. The van der Waals surface area contributed by atoms with Crippen molar-refractivity contribution >= 4 is 17.9 Å². The summed E-state index contributed by atoms with van der Waals surface area (Å²) in [4.78, 5) is 32.9. The molecule has 2 atom stereocenters. The van der Waals surface area contributed by atoms with Gasteiger partial charge in [0.05, 0.1) is 5.54 Å². The molecular weight excluding hydrogens is 578 g/mol. The average Bonchev–Trinajstić information content (AvgIpc) is 3.25. The lowest BCUT2D eigenvalue weighted by atomic mass is 9.35. The lowest BCUT2D eigenvalue weighted by Crippen LogP contribution is -2.67. The predicted molar refractivity (Wildman–Crippen MR) is 161 cm³/mol. The van der Waals surface area contributed by atoms with Crippen LogP contribution in [-0.2, 0) is 20.8 Å². The van der Waals surface area contributed by atoms with Crippen molar-refractivity contribution in [1.29, 1.82) is 0 Å². The van der Waals surface area contributed by atoms with Crippen molar-refractivity contribution in [3.05, 3.63) is 65.5 Å². The maximum atomic E-state index is 12.6. The number of phenolic OH excluding ortho intramolecular Hbond substituents is 1. The first kappa shape index (κ1) is 38.3. The number of amidine groups is 1. The highest BCUT2D eigenvalue weighted by atomic mass is 19.4. The molecule has 3 aliphatic carbocycles. The number of nitrogens with zero attached hydrogens (tertiary/aromatic N) is 1. The number of carbonyl (C=O) groups is 1. The minimum absolute atomic E-state index is 0.0384. The van der Waals surface area contributed by atoms with Crippen molar-refractivity contribution in [1.82, 2.24) is 10.6 Å². The van der Waals surface area contributed by atoms with Crippen LogP contribution in [0, 0.1) is 23.6 Å². The third-order valence-corrected chi connectivity index (χ3v) is 7.64. The molecule has 2 bridgehead atoms. The van der Waals surface area contributed by atoms with Crippen LogP contribution in [0.5, 0.6) is 5.75 Å². The van der Waals surface area contributed by atoms with Gasteiger partial charge in [0.2, 0.25) is 5.91 Å². The Morgan fingerprint density at radius 1 is 1.09 bits per heavy atom. The molecule has 11 heteroatoms. The predicted octanol–water partition coefficient (Wildman–Crippen LogP) is 6.92. The summed E-state index contributed by atoms with van der Waals surface area (Å²) in [6, 6.07) is 12.0. The van der Waals surface area contributed by atoms with Gasteiger partial charge in [-0.25, -0.2) is 4.39 Å². The number of benzene rings is 2. The van der Waals surface area contributed by atoms with Crippen LogP contribution in [0.3, 0.4) is 0 Å². The molecule has 4 aliphatic rings. The molecule has 1 heterocycles. The second-order valence-electron chi connectivity index (χ2n) is 12.0. The molecule has 0 saturated heterocycles. The molecule has 2 aromatic carbocycles. The molecule has 0 radical (unpaired) electrons. The number of halogens is 4. The van der Waals surface area contributed by atoms with Crippen molar-refractivity contribution in [2.45, 2.75) is 105 Å². The molecule has 3 saturated carbocycles. The minimum Gasteiger partial charge on any atom is -0.505 e. The topological polar surface area (TPSA) is 108 Å². The SMILES string of the molecule is CC.CC(NC(=O)[C@@H]1N=C(C23CC(C)(C2)C3)NC1(C)C)C(F)(F)F.CCc1ccc(O)c(F)c1.Cc1ccccc1.O=C=O. The summed E-state index contributed by atoms with van der Waals surface area (Å²) in [5.41, 5.74) is 2.00. The smallest absolute Gasteiger partial charge is 0.408 e. The van der Waals surface area contributed by atoms with Gasteiger partial charge in [-0.05, 0) is 76.5 Å². The Kier molecular flexibility index (Phi) is 13.8. The van der Waals surface area contributed by atoms with E-state index in [-0.39, 0.29) is 17.3 Å². The second-order valence-corrected chi connectivity index (χ2v) is 12.0. The number of aromatic hydroxyl groups is 1. The lowest BCUT2D eigenvalue weighted by Gasteiger charge is -2.69. The number of carbonyl (C=O) groups excluding carboxylic acids is 3. The van der Waals surface area contributed by atoms with Crippen LogP contribution in [0.1, 0.15) is 78.9 Å². The molecule has 0 aromatic heterocycles. The molecule has 44 heavy (non-hydrogen) atoms. The molecular formula is C33H45F4N3O4. The largest absolute Gasteiger partial charge is 0.505 e. The minimum atomic E-state index is -4.44. The van der Waals surface area contributed by atoms with Gasteiger partial charge in [-0.15, -0.1) is 0 Å². The van der Waals surface area contributed by atoms with E-state index in [9.17, 15) is 22.4 Å². The van der Waals surface area contributed by atoms with Crippen molar-refractivity contribution < 1.29 is 37.1 Å². The Bertz CT molecular complexity index is 1270. The number of rotatable bonds is 4. The van der Waals surface area contributed by atoms with Crippen LogP contribution in [0.25, 0.3) is 0 Å². The average molecular weight is 624 g/mol. The summed E-state index contributed by atoms with van der Waals surface area (Å²) >= 11 is 0. The third kappa shape index (κ3) is 10.2. The molecule has 2 aromatic rings. The Morgan fingerprint density at radius 2 is 1.61 bits per heavy atom. The molecule has 1 unspecified atom stereocenters. The van der Waals surface area contributed by atoms with Gasteiger partial charge in [0.1, 0.15) is 11.9 Å². The summed E-state index contributed by atoms with van der Waals surface area (Å²) in [5, 5.41) is 14.1. The van der Waals surface area contributed by atoms with E-state index in [1.807, 2.05) is 44.3 Å². The van der Waals surface area contributed by atoms with E-state index in [0.717, 1.165) is 44.0 Å². The zero-order valence-electron chi connectivity index (χ0n) is 26.7. The normalized spacial score (nSPS) is 23.9. The van der Waals surface area contributed by atoms with Crippen LogP contribution < -0.4 is 10.6 Å². The highest BCUT2D eigenvalue weighted by Crippen LogP contribution is 2.73. The number of amides is 1. The summed E-state index contributed by atoms with van der Waals surface area (Å²) in [5.74, 6) is -0.687. The van der Waals surface area contributed by atoms with E-state index >= 15 is 0 Å². The van der Waals surface area contributed by atoms with Crippen molar-refractivity contribution in [3.63, 3.8) is 0 Å². The van der Waals surface area contributed by atoms with Gasteiger partial charge < -0.3 is 15.7 Å². The molecule has 3 N–H and O–H groups in total. The summed E-state index contributed by atoms with van der Waals surface area (Å²) < 4.78 is 50.3. The molecule has 1 aliphatic heterocycles. The number of nitrogens with one attached hydrogen (secondary N) is 2. The number of alkyl halides is 3. The quantitative estimate of drug-likeness (QED) is 0.321. The zero-order chi connectivity index (χ0) is 33.9. The summed E-state index contributed by atoms with van der Waals surface area (Å²) in [6.45, 7) is 14.8. The van der Waals surface area contributed by atoms with Gasteiger partial charge >= 0.3 is 12.3 Å². The maximum absolute atomic E-state index is 12.6. The van der Waals surface area contributed by atoms with E-state index < -0.39 is 35.5 Å². The number of aryl methyl sites for hydroxylation is 2. The number of hydrogen-bond acceptors (Lipinski definition) is 6. The van der Waals surface area contributed by atoms with Gasteiger partial charge in [0.25, 0.3) is 0 Å². The molecule has 7 nitrogen and oxygen atoms in total. The molecule has 0 spiro atoms. The Balaban J connectivity index is 0.000000362.